The van der Waals surface area contributed by atoms with E-state index in [1.165, 1.54) is 7.11 Å². The summed E-state index contributed by atoms with van der Waals surface area (Å²) in [5, 5.41) is 7.03. The van der Waals surface area contributed by atoms with E-state index in [0.29, 0.717) is 31.3 Å². The van der Waals surface area contributed by atoms with Gasteiger partial charge in [0, 0.05) is 50.3 Å². The summed E-state index contributed by atoms with van der Waals surface area (Å²) in [4.78, 5) is 15.9. The van der Waals surface area contributed by atoms with Crippen LogP contribution in [0.4, 0.5) is 8.78 Å². The Hall–Kier alpha value is -1.54. The maximum Gasteiger partial charge on any atom is 0.274 e. The van der Waals surface area contributed by atoms with E-state index in [2.05, 4.69) is 10.2 Å². The molecule has 3 aliphatic rings. The smallest absolute Gasteiger partial charge is 0.274 e. The molecule has 24 heavy (non-hydrogen) atoms. The number of halogens is 2. The van der Waals surface area contributed by atoms with E-state index in [1.54, 1.807) is 9.80 Å². The van der Waals surface area contributed by atoms with Gasteiger partial charge < -0.3 is 9.64 Å². The van der Waals surface area contributed by atoms with Gasteiger partial charge in [0.25, 0.3) is 11.8 Å². The van der Waals surface area contributed by atoms with Gasteiger partial charge in [0.1, 0.15) is 5.69 Å². The van der Waals surface area contributed by atoms with Gasteiger partial charge >= 0.3 is 0 Å². The van der Waals surface area contributed by atoms with E-state index in [-0.39, 0.29) is 31.0 Å². The van der Waals surface area contributed by atoms with Crippen molar-refractivity contribution in [1.29, 1.82) is 0 Å². The fourth-order valence-corrected chi connectivity index (χ4v) is 3.74. The quantitative estimate of drug-likeness (QED) is 0.882. The molecule has 2 saturated heterocycles. The average molecular weight is 340 g/mol. The highest BCUT2D eigenvalue weighted by Crippen LogP contribution is 2.39. The first kappa shape index (κ1) is 16.0. The second-order valence-electron chi connectivity index (χ2n) is 7.19. The van der Waals surface area contributed by atoms with E-state index in [4.69, 9.17) is 4.74 Å². The zero-order valence-electron chi connectivity index (χ0n) is 13.7. The summed E-state index contributed by atoms with van der Waals surface area (Å²) in [6.45, 7) is 0.994. The van der Waals surface area contributed by atoms with Crippen molar-refractivity contribution in [2.45, 2.75) is 43.2 Å². The number of H-pyrrole nitrogens is 1. The number of hydrogen-bond donors (Lipinski definition) is 1. The standard InChI is InChI=1S/C16H22F2N4O2/c1-24-8-11-5-16(17,18)9-22(11)12-6-21(7-12)15(23)14-4-13(19-20-14)10-2-3-10/h4,10-12H,2-3,5-9H2,1H3,(H,19,20). The van der Waals surface area contributed by atoms with Crippen LogP contribution in [0.3, 0.4) is 0 Å². The van der Waals surface area contributed by atoms with Crippen molar-refractivity contribution in [2.75, 3.05) is 33.4 Å². The van der Waals surface area contributed by atoms with Gasteiger partial charge in [-0.1, -0.05) is 0 Å². The number of aromatic amines is 1. The van der Waals surface area contributed by atoms with Crippen LogP contribution in [0.25, 0.3) is 0 Å². The summed E-state index contributed by atoms with van der Waals surface area (Å²) in [5.74, 6) is -2.27. The van der Waals surface area contributed by atoms with Crippen molar-refractivity contribution in [1.82, 2.24) is 20.0 Å². The molecule has 3 fully saturated rings. The zero-order valence-corrected chi connectivity index (χ0v) is 13.7. The van der Waals surface area contributed by atoms with Crippen LogP contribution in [-0.4, -0.2) is 77.3 Å². The Morgan fingerprint density at radius 2 is 2.21 bits per heavy atom. The molecule has 2 aliphatic heterocycles. The minimum absolute atomic E-state index is 0.0238. The summed E-state index contributed by atoms with van der Waals surface area (Å²) in [6.07, 6.45) is 2.12. The van der Waals surface area contributed by atoms with Gasteiger partial charge in [-0.2, -0.15) is 5.10 Å². The molecule has 1 aromatic heterocycles. The normalized spacial score (nSPS) is 27.5. The Kier molecular flexibility index (Phi) is 3.84. The van der Waals surface area contributed by atoms with Gasteiger partial charge in [-0.05, 0) is 18.9 Å². The van der Waals surface area contributed by atoms with Crippen LogP contribution in [0.2, 0.25) is 0 Å². The fourth-order valence-electron chi connectivity index (χ4n) is 3.74. The number of alkyl halides is 2. The first-order valence-corrected chi connectivity index (χ1v) is 8.44. The number of likely N-dealkylation sites (tertiary alicyclic amines) is 2. The van der Waals surface area contributed by atoms with Gasteiger partial charge in [-0.15, -0.1) is 0 Å². The van der Waals surface area contributed by atoms with Crippen LogP contribution in [0, 0.1) is 0 Å². The van der Waals surface area contributed by atoms with Crippen molar-refractivity contribution in [3.05, 3.63) is 17.5 Å². The molecule has 0 radical (unpaired) electrons. The lowest BCUT2D eigenvalue weighted by atomic mass is 10.1. The van der Waals surface area contributed by atoms with Gasteiger partial charge in [-0.25, -0.2) is 8.78 Å². The third-order valence-corrected chi connectivity index (χ3v) is 5.23. The second kappa shape index (κ2) is 5.77. The van der Waals surface area contributed by atoms with E-state index in [9.17, 15) is 13.6 Å². The molecule has 6 nitrogen and oxygen atoms in total. The van der Waals surface area contributed by atoms with E-state index < -0.39 is 5.92 Å². The minimum atomic E-state index is -2.67. The number of nitrogens with one attached hydrogen (secondary N) is 1. The molecule has 1 N–H and O–H groups in total. The Morgan fingerprint density at radius 3 is 2.88 bits per heavy atom. The number of nitrogens with zero attached hydrogens (tertiary/aromatic N) is 3. The van der Waals surface area contributed by atoms with Crippen LogP contribution < -0.4 is 0 Å². The Labute approximate surface area is 139 Å². The molecule has 1 aromatic rings. The molecule has 1 unspecified atom stereocenters. The minimum Gasteiger partial charge on any atom is -0.383 e. The van der Waals surface area contributed by atoms with Crippen molar-refractivity contribution >= 4 is 5.91 Å². The average Bonchev–Trinajstić information content (AvgIpc) is 3.12. The van der Waals surface area contributed by atoms with Crippen LogP contribution in [0.1, 0.15) is 41.4 Å². The molecule has 132 valence electrons. The predicted octanol–water partition coefficient (Wildman–Crippen LogP) is 1.47. The summed E-state index contributed by atoms with van der Waals surface area (Å²) in [7, 11) is 1.53. The molecule has 0 bridgehead atoms. The lowest BCUT2D eigenvalue weighted by molar-refractivity contribution is -0.0137. The highest BCUT2D eigenvalue weighted by molar-refractivity contribution is 5.93. The van der Waals surface area contributed by atoms with E-state index in [0.717, 1.165) is 18.5 Å². The molecule has 4 rings (SSSR count). The van der Waals surface area contributed by atoms with Crippen LogP contribution in [-0.2, 0) is 4.74 Å². The van der Waals surface area contributed by atoms with E-state index in [1.807, 2.05) is 6.07 Å². The number of ether oxygens (including phenoxy) is 1. The van der Waals surface area contributed by atoms with Crippen molar-refractivity contribution in [2.24, 2.45) is 0 Å². The number of methoxy groups -OCH3 is 1. The molecule has 3 heterocycles. The van der Waals surface area contributed by atoms with Crippen molar-refractivity contribution < 1.29 is 18.3 Å². The molecule has 1 atom stereocenters. The zero-order chi connectivity index (χ0) is 16.9. The SMILES string of the molecule is COCC1CC(F)(F)CN1C1CN(C(=O)c2cc(C3CC3)[nH]n2)C1. The predicted molar refractivity (Wildman–Crippen MR) is 82.2 cm³/mol. The molecule has 0 spiro atoms. The Balaban J connectivity index is 1.35. The maximum absolute atomic E-state index is 13.7. The van der Waals surface area contributed by atoms with Gasteiger partial charge in [0.15, 0.2) is 0 Å². The lowest BCUT2D eigenvalue weighted by Gasteiger charge is -2.45. The molecule has 1 amide bonds. The monoisotopic (exact) mass is 340 g/mol. The number of carbonyl (C=O) groups is 1. The molecule has 8 heteroatoms. The van der Waals surface area contributed by atoms with E-state index >= 15 is 0 Å². The summed E-state index contributed by atoms with van der Waals surface area (Å²) >= 11 is 0. The van der Waals surface area contributed by atoms with Crippen LogP contribution >= 0.6 is 0 Å². The van der Waals surface area contributed by atoms with Gasteiger partial charge in [-0.3, -0.25) is 14.8 Å². The molecule has 1 aliphatic carbocycles. The van der Waals surface area contributed by atoms with Gasteiger partial charge in [0.2, 0.25) is 0 Å². The van der Waals surface area contributed by atoms with Gasteiger partial charge in [0.05, 0.1) is 13.2 Å². The van der Waals surface area contributed by atoms with Crippen LogP contribution in [0.15, 0.2) is 6.07 Å². The topological polar surface area (TPSA) is 61.5 Å². The largest absolute Gasteiger partial charge is 0.383 e. The van der Waals surface area contributed by atoms with Crippen LogP contribution in [0.5, 0.6) is 0 Å². The van der Waals surface area contributed by atoms with Crippen molar-refractivity contribution in [3.8, 4) is 0 Å². The number of carbonyl (C=O) groups excluding carboxylic acids is 1. The third-order valence-electron chi connectivity index (χ3n) is 5.23. The number of amides is 1. The fraction of sp³-hybridized carbons (Fsp3) is 0.750. The van der Waals surface area contributed by atoms with Crippen molar-refractivity contribution in [3.63, 3.8) is 0 Å². The number of rotatable bonds is 5. The summed E-state index contributed by atoms with van der Waals surface area (Å²) in [5.41, 5.74) is 1.45. The highest BCUT2D eigenvalue weighted by atomic mass is 19.3. The highest BCUT2D eigenvalue weighted by Gasteiger charge is 2.50. The summed E-state index contributed by atoms with van der Waals surface area (Å²) in [6, 6.07) is 1.52. The Bertz CT molecular complexity index is 625. The summed E-state index contributed by atoms with van der Waals surface area (Å²) < 4.78 is 32.5. The first-order chi connectivity index (χ1) is 11.5. The first-order valence-electron chi connectivity index (χ1n) is 8.44. The molecular formula is C16H22F2N4O2. The maximum atomic E-state index is 13.7. The lowest BCUT2D eigenvalue weighted by Crippen LogP contribution is -2.62. The Morgan fingerprint density at radius 1 is 1.46 bits per heavy atom. The third kappa shape index (κ3) is 2.93. The molecular weight excluding hydrogens is 318 g/mol. The number of hydrogen-bond acceptors (Lipinski definition) is 4. The number of aromatic nitrogens is 2. The second-order valence-corrected chi connectivity index (χ2v) is 7.19. The molecule has 1 saturated carbocycles. The molecule has 0 aromatic carbocycles.